The largest absolute Gasteiger partial charge is 0.372 e. The molecule has 6 nitrogen and oxygen atoms in total. The van der Waals surface area contributed by atoms with E-state index in [-0.39, 0.29) is 24.1 Å². The van der Waals surface area contributed by atoms with Gasteiger partial charge >= 0.3 is 0 Å². The minimum atomic E-state index is -3.50. The Labute approximate surface area is 189 Å². The van der Waals surface area contributed by atoms with E-state index in [1.54, 1.807) is 24.3 Å². The first-order valence-corrected chi connectivity index (χ1v) is 12.8. The van der Waals surface area contributed by atoms with Gasteiger partial charge in [0.05, 0.1) is 11.7 Å². The molecule has 0 radical (unpaired) electrons. The van der Waals surface area contributed by atoms with Crippen LogP contribution in [0.5, 0.6) is 0 Å². The molecular weight excluding hydrogens is 434 g/mol. The third kappa shape index (κ3) is 5.59. The molecule has 31 heavy (non-hydrogen) atoms. The fraction of sp³-hybridized carbons (Fsp3) is 0.435. The highest BCUT2D eigenvalue weighted by Gasteiger charge is 2.32. The molecule has 0 aromatic heterocycles. The summed E-state index contributed by atoms with van der Waals surface area (Å²) >= 11 is 5.89. The van der Waals surface area contributed by atoms with E-state index >= 15 is 0 Å². The van der Waals surface area contributed by atoms with Gasteiger partial charge in [-0.2, -0.15) is 0 Å². The summed E-state index contributed by atoms with van der Waals surface area (Å²) in [5.74, 6) is -0.566. The van der Waals surface area contributed by atoms with Crippen LogP contribution in [-0.4, -0.2) is 44.8 Å². The Bertz CT molecular complexity index is 1000. The Morgan fingerprint density at radius 3 is 2.32 bits per heavy atom. The van der Waals surface area contributed by atoms with Crippen LogP contribution in [0, 0.1) is 5.92 Å². The number of piperidine rings is 1. The molecule has 2 heterocycles. The van der Waals surface area contributed by atoms with Crippen molar-refractivity contribution in [3.8, 4) is 0 Å². The van der Waals surface area contributed by atoms with Gasteiger partial charge in [-0.15, -0.1) is 0 Å². The van der Waals surface area contributed by atoms with Crippen LogP contribution >= 0.6 is 11.6 Å². The summed E-state index contributed by atoms with van der Waals surface area (Å²) in [5, 5.41) is 3.54. The zero-order valence-corrected chi connectivity index (χ0v) is 19.0. The molecule has 2 aliphatic rings. The number of halogens is 1. The van der Waals surface area contributed by atoms with Crippen LogP contribution < -0.4 is 10.2 Å². The van der Waals surface area contributed by atoms with Crippen molar-refractivity contribution in [1.82, 2.24) is 4.31 Å². The maximum Gasteiger partial charge on any atom is 0.228 e. The Morgan fingerprint density at radius 2 is 1.65 bits per heavy atom. The first kappa shape index (κ1) is 22.1. The van der Waals surface area contributed by atoms with Crippen molar-refractivity contribution in [3.05, 3.63) is 59.1 Å². The number of hydrogen-bond acceptors (Lipinski definition) is 4. The van der Waals surface area contributed by atoms with E-state index in [1.165, 1.54) is 22.8 Å². The molecule has 0 bridgehead atoms. The van der Waals surface area contributed by atoms with Crippen LogP contribution in [0.2, 0.25) is 5.02 Å². The number of amides is 1. The SMILES string of the molecule is O=C(Nc1ccc(N2CCCC2)cc1)[C@H]1CCCN(S(=O)(=O)Cc2ccc(Cl)cc2)C1. The Morgan fingerprint density at radius 1 is 0.968 bits per heavy atom. The molecule has 0 aliphatic carbocycles. The summed E-state index contributed by atoms with van der Waals surface area (Å²) in [6.07, 6.45) is 3.80. The number of rotatable bonds is 6. The minimum Gasteiger partial charge on any atom is -0.372 e. The number of anilines is 2. The predicted octanol–water partition coefficient (Wildman–Crippen LogP) is 4.12. The van der Waals surface area contributed by atoms with Crippen LogP contribution in [-0.2, 0) is 20.6 Å². The van der Waals surface area contributed by atoms with E-state index in [0.29, 0.717) is 30.0 Å². The number of carbonyl (C=O) groups excluding carboxylic acids is 1. The van der Waals surface area contributed by atoms with E-state index in [4.69, 9.17) is 11.6 Å². The van der Waals surface area contributed by atoms with Gasteiger partial charge in [0.25, 0.3) is 0 Å². The molecule has 0 spiro atoms. The second-order valence-electron chi connectivity index (χ2n) is 8.31. The molecule has 0 saturated carbocycles. The minimum absolute atomic E-state index is 0.0868. The normalized spacial score (nSPS) is 20.0. The summed E-state index contributed by atoms with van der Waals surface area (Å²) in [6, 6.07) is 14.7. The van der Waals surface area contributed by atoms with Crippen molar-refractivity contribution in [2.45, 2.75) is 31.4 Å². The number of carbonyl (C=O) groups is 1. The van der Waals surface area contributed by atoms with Crippen molar-refractivity contribution < 1.29 is 13.2 Å². The van der Waals surface area contributed by atoms with Crippen LogP contribution in [0.15, 0.2) is 48.5 Å². The summed E-state index contributed by atoms with van der Waals surface area (Å²) in [4.78, 5) is 15.2. The second kappa shape index (κ2) is 9.59. The van der Waals surface area contributed by atoms with Gasteiger partial charge in [-0.25, -0.2) is 12.7 Å². The third-order valence-electron chi connectivity index (χ3n) is 6.02. The first-order valence-electron chi connectivity index (χ1n) is 10.8. The molecule has 1 atom stereocenters. The molecule has 2 saturated heterocycles. The lowest BCUT2D eigenvalue weighted by Crippen LogP contribution is -2.44. The van der Waals surface area contributed by atoms with Gasteiger partial charge in [0.2, 0.25) is 15.9 Å². The van der Waals surface area contributed by atoms with Gasteiger partial charge in [-0.1, -0.05) is 23.7 Å². The Kier molecular flexibility index (Phi) is 6.84. The van der Waals surface area contributed by atoms with E-state index < -0.39 is 10.0 Å². The van der Waals surface area contributed by atoms with E-state index in [1.807, 2.05) is 24.3 Å². The van der Waals surface area contributed by atoms with E-state index in [9.17, 15) is 13.2 Å². The number of benzene rings is 2. The Balaban J connectivity index is 1.36. The van der Waals surface area contributed by atoms with E-state index in [2.05, 4.69) is 10.2 Å². The molecule has 2 fully saturated rings. The van der Waals surface area contributed by atoms with Gasteiger partial charge < -0.3 is 10.2 Å². The average molecular weight is 462 g/mol. The van der Waals surface area contributed by atoms with Crippen molar-refractivity contribution in [3.63, 3.8) is 0 Å². The fourth-order valence-electron chi connectivity index (χ4n) is 4.27. The van der Waals surface area contributed by atoms with Crippen molar-refractivity contribution >= 4 is 38.9 Å². The smallest absolute Gasteiger partial charge is 0.228 e. The molecule has 2 aromatic carbocycles. The lowest BCUT2D eigenvalue weighted by molar-refractivity contribution is -0.120. The molecule has 1 N–H and O–H groups in total. The quantitative estimate of drug-likeness (QED) is 0.702. The highest BCUT2D eigenvalue weighted by Crippen LogP contribution is 2.25. The third-order valence-corrected chi connectivity index (χ3v) is 8.09. The lowest BCUT2D eigenvalue weighted by atomic mass is 9.98. The highest BCUT2D eigenvalue weighted by molar-refractivity contribution is 7.88. The van der Waals surface area contributed by atoms with Crippen LogP contribution in [0.4, 0.5) is 11.4 Å². The number of nitrogens with one attached hydrogen (secondary N) is 1. The summed E-state index contributed by atoms with van der Waals surface area (Å²) in [7, 11) is -3.50. The topological polar surface area (TPSA) is 69.7 Å². The molecule has 1 amide bonds. The Hall–Kier alpha value is -2.09. The zero-order valence-electron chi connectivity index (χ0n) is 17.5. The highest BCUT2D eigenvalue weighted by atomic mass is 35.5. The van der Waals surface area contributed by atoms with Crippen molar-refractivity contribution in [2.75, 3.05) is 36.4 Å². The molecule has 166 valence electrons. The summed E-state index contributed by atoms with van der Waals surface area (Å²) in [6.45, 7) is 2.82. The molecule has 4 rings (SSSR count). The van der Waals surface area contributed by atoms with Crippen molar-refractivity contribution in [1.29, 1.82) is 0 Å². The van der Waals surface area contributed by atoms with Gasteiger partial charge in [0, 0.05) is 42.6 Å². The molecule has 2 aliphatic heterocycles. The maximum atomic E-state index is 12.9. The van der Waals surface area contributed by atoms with Crippen molar-refractivity contribution in [2.24, 2.45) is 5.92 Å². The predicted molar refractivity (Wildman–Crippen MR) is 125 cm³/mol. The molecule has 8 heteroatoms. The van der Waals surface area contributed by atoms with Gasteiger partial charge in [0.1, 0.15) is 0 Å². The van der Waals surface area contributed by atoms with Crippen LogP contribution in [0.25, 0.3) is 0 Å². The van der Waals surface area contributed by atoms with E-state index in [0.717, 1.165) is 18.8 Å². The number of nitrogens with zero attached hydrogens (tertiary/aromatic N) is 2. The molecular formula is C23H28ClN3O3S. The second-order valence-corrected chi connectivity index (χ2v) is 10.7. The summed E-state index contributed by atoms with van der Waals surface area (Å²) < 4.78 is 27.2. The van der Waals surface area contributed by atoms with Crippen LogP contribution in [0.3, 0.4) is 0 Å². The first-order chi connectivity index (χ1) is 14.9. The number of hydrogen-bond donors (Lipinski definition) is 1. The number of sulfonamides is 1. The standard InChI is InChI=1S/C23H28ClN3O3S/c24-20-7-5-18(6-8-20)17-31(29,30)27-15-3-4-19(16-27)23(28)25-21-9-11-22(12-10-21)26-13-1-2-14-26/h5-12,19H,1-4,13-17H2,(H,25,28)/t19-/m0/s1. The summed E-state index contributed by atoms with van der Waals surface area (Å²) in [5.41, 5.74) is 2.61. The molecule has 0 unspecified atom stereocenters. The monoisotopic (exact) mass is 461 g/mol. The average Bonchev–Trinajstić information content (AvgIpc) is 3.31. The zero-order chi connectivity index (χ0) is 21.8. The maximum absolute atomic E-state index is 12.9. The van der Waals surface area contributed by atoms with Gasteiger partial charge in [-0.05, 0) is 67.6 Å². The molecule has 2 aromatic rings. The van der Waals surface area contributed by atoms with Crippen LogP contribution in [0.1, 0.15) is 31.2 Å². The van der Waals surface area contributed by atoms with Gasteiger partial charge in [0.15, 0.2) is 0 Å². The lowest BCUT2D eigenvalue weighted by Gasteiger charge is -2.31. The van der Waals surface area contributed by atoms with Gasteiger partial charge in [-0.3, -0.25) is 4.79 Å². The fourth-order valence-corrected chi connectivity index (χ4v) is 6.00.